The second-order valence-electron chi connectivity index (χ2n) is 4.71. The predicted octanol–water partition coefficient (Wildman–Crippen LogP) is 1.40. The summed E-state index contributed by atoms with van der Waals surface area (Å²) in [5.74, 6) is 0. The van der Waals surface area contributed by atoms with Gasteiger partial charge in [0.1, 0.15) is 11.4 Å². The molecule has 3 rings (SSSR count). The largest absolute Gasteiger partial charge is 0.397 e. The summed E-state index contributed by atoms with van der Waals surface area (Å²) in [5.41, 5.74) is 8.65. The van der Waals surface area contributed by atoms with Gasteiger partial charge in [-0.05, 0) is 19.1 Å². The fourth-order valence-electron chi connectivity index (χ4n) is 2.26. The molecule has 0 aliphatic carbocycles. The van der Waals surface area contributed by atoms with Crippen LogP contribution in [0, 0.1) is 6.92 Å². The van der Waals surface area contributed by atoms with Gasteiger partial charge in [-0.1, -0.05) is 22.4 Å². The summed E-state index contributed by atoms with van der Waals surface area (Å²) in [6.45, 7) is 3.44. The SMILES string of the molecule is Cc1nonc1CN1CCN(c2ccccc2N)C1=O. The van der Waals surface area contributed by atoms with Gasteiger partial charge in [0.2, 0.25) is 0 Å². The number of carbonyl (C=O) groups is 1. The van der Waals surface area contributed by atoms with Crippen molar-refractivity contribution in [2.24, 2.45) is 0 Å². The number of rotatable bonds is 3. The predicted molar refractivity (Wildman–Crippen MR) is 73.0 cm³/mol. The third-order valence-electron chi connectivity index (χ3n) is 3.41. The zero-order valence-corrected chi connectivity index (χ0v) is 11.1. The number of para-hydroxylation sites is 2. The average molecular weight is 273 g/mol. The number of nitrogen functional groups attached to an aromatic ring is 1. The van der Waals surface area contributed by atoms with Crippen molar-refractivity contribution in [3.05, 3.63) is 35.7 Å². The summed E-state index contributed by atoms with van der Waals surface area (Å²) in [6.07, 6.45) is 0. The molecule has 104 valence electrons. The topological polar surface area (TPSA) is 88.5 Å². The highest BCUT2D eigenvalue weighted by Gasteiger charge is 2.31. The molecule has 7 heteroatoms. The molecule has 2 aromatic rings. The van der Waals surface area contributed by atoms with Gasteiger partial charge in [0.05, 0.1) is 17.9 Å². The van der Waals surface area contributed by atoms with Crippen LogP contribution in [0.4, 0.5) is 16.2 Å². The van der Waals surface area contributed by atoms with Gasteiger partial charge in [-0.2, -0.15) is 0 Å². The van der Waals surface area contributed by atoms with Crippen molar-refractivity contribution in [2.75, 3.05) is 23.7 Å². The number of hydrogen-bond acceptors (Lipinski definition) is 5. The van der Waals surface area contributed by atoms with Crippen LogP contribution in [-0.2, 0) is 6.54 Å². The smallest absolute Gasteiger partial charge is 0.325 e. The van der Waals surface area contributed by atoms with E-state index >= 15 is 0 Å². The Hall–Kier alpha value is -2.57. The maximum Gasteiger partial charge on any atom is 0.325 e. The van der Waals surface area contributed by atoms with Crippen LogP contribution in [0.2, 0.25) is 0 Å². The van der Waals surface area contributed by atoms with Crippen molar-refractivity contribution in [1.82, 2.24) is 15.2 Å². The van der Waals surface area contributed by atoms with Crippen LogP contribution in [0.25, 0.3) is 0 Å². The molecule has 1 aliphatic heterocycles. The molecule has 0 atom stereocenters. The normalized spacial score (nSPS) is 15.2. The van der Waals surface area contributed by atoms with E-state index in [1.54, 1.807) is 22.8 Å². The first-order valence-corrected chi connectivity index (χ1v) is 6.36. The summed E-state index contributed by atoms with van der Waals surface area (Å²) in [6, 6.07) is 7.27. The molecule has 7 nitrogen and oxygen atoms in total. The monoisotopic (exact) mass is 273 g/mol. The van der Waals surface area contributed by atoms with Gasteiger partial charge >= 0.3 is 6.03 Å². The number of amides is 2. The number of aromatic nitrogens is 2. The highest BCUT2D eigenvalue weighted by molar-refractivity contribution is 5.96. The Balaban J connectivity index is 1.78. The highest BCUT2D eigenvalue weighted by Crippen LogP contribution is 2.26. The zero-order chi connectivity index (χ0) is 14.1. The van der Waals surface area contributed by atoms with Crippen LogP contribution in [0.5, 0.6) is 0 Å². The first kappa shape index (κ1) is 12.5. The molecule has 0 bridgehead atoms. The van der Waals surface area contributed by atoms with Crippen molar-refractivity contribution in [2.45, 2.75) is 13.5 Å². The molecule has 1 aliphatic rings. The van der Waals surface area contributed by atoms with E-state index in [1.807, 2.05) is 18.2 Å². The van der Waals surface area contributed by atoms with Crippen LogP contribution in [0.15, 0.2) is 28.9 Å². The Morgan fingerprint density at radius 2 is 2.10 bits per heavy atom. The van der Waals surface area contributed by atoms with Crippen molar-refractivity contribution in [3.8, 4) is 0 Å². The molecule has 1 aromatic carbocycles. The van der Waals surface area contributed by atoms with Crippen LogP contribution in [0.1, 0.15) is 11.4 Å². The molecule has 1 saturated heterocycles. The minimum Gasteiger partial charge on any atom is -0.397 e. The third-order valence-corrected chi connectivity index (χ3v) is 3.41. The van der Waals surface area contributed by atoms with Gasteiger partial charge < -0.3 is 10.6 Å². The Kier molecular flexibility index (Phi) is 3.02. The lowest BCUT2D eigenvalue weighted by Crippen LogP contribution is -2.32. The molecule has 2 heterocycles. The van der Waals surface area contributed by atoms with Gasteiger partial charge in [0.15, 0.2) is 0 Å². The van der Waals surface area contributed by atoms with Gasteiger partial charge in [-0.25, -0.2) is 9.42 Å². The molecule has 2 amide bonds. The van der Waals surface area contributed by atoms with Crippen molar-refractivity contribution in [3.63, 3.8) is 0 Å². The van der Waals surface area contributed by atoms with Crippen molar-refractivity contribution >= 4 is 17.4 Å². The molecule has 2 N–H and O–H groups in total. The fourth-order valence-corrected chi connectivity index (χ4v) is 2.26. The van der Waals surface area contributed by atoms with Gasteiger partial charge in [-0.15, -0.1) is 0 Å². The number of anilines is 2. The van der Waals surface area contributed by atoms with Crippen LogP contribution >= 0.6 is 0 Å². The molecule has 20 heavy (non-hydrogen) atoms. The first-order chi connectivity index (χ1) is 9.66. The van der Waals surface area contributed by atoms with Crippen molar-refractivity contribution in [1.29, 1.82) is 0 Å². The fraction of sp³-hybridized carbons (Fsp3) is 0.308. The summed E-state index contributed by atoms with van der Waals surface area (Å²) in [5, 5.41) is 7.52. The molecule has 0 unspecified atom stereocenters. The summed E-state index contributed by atoms with van der Waals surface area (Å²) >= 11 is 0. The molecule has 0 saturated carbocycles. The van der Waals surface area contributed by atoms with Gasteiger partial charge in [-0.3, -0.25) is 4.90 Å². The van der Waals surface area contributed by atoms with Crippen molar-refractivity contribution < 1.29 is 9.42 Å². The van der Waals surface area contributed by atoms with E-state index in [9.17, 15) is 4.79 Å². The Morgan fingerprint density at radius 1 is 1.30 bits per heavy atom. The lowest BCUT2D eigenvalue weighted by atomic mass is 10.2. The van der Waals surface area contributed by atoms with Crippen LogP contribution < -0.4 is 10.6 Å². The maximum atomic E-state index is 12.4. The first-order valence-electron chi connectivity index (χ1n) is 6.36. The number of urea groups is 1. The quantitative estimate of drug-likeness (QED) is 0.854. The lowest BCUT2D eigenvalue weighted by Gasteiger charge is -2.19. The van der Waals surface area contributed by atoms with E-state index in [4.69, 9.17) is 5.73 Å². The zero-order valence-electron chi connectivity index (χ0n) is 11.1. The van der Waals surface area contributed by atoms with Gasteiger partial charge in [0.25, 0.3) is 0 Å². The lowest BCUT2D eigenvalue weighted by molar-refractivity contribution is 0.216. The number of hydrogen-bond donors (Lipinski definition) is 1. The molecular formula is C13H15N5O2. The Bertz CT molecular complexity index is 639. The third kappa shape index (κ3) is 2.07. The van der Waals surface area contributed by atoms with E-state index in [-0.39, 0.29) is 6.03 Å². The average Bonchev–Trinajstić information content (AvgIpc) is 2.99. The summed E-state index contributed by atoms with van der Waals surface area (Å²) in [7, 11) is 0. The number of nitrogens with two attached hydrogens (primary N) is 1. The van der Waals surface area contributed by atoms with E-state index in [0.29, 0.717) is 36.7 Å². The molecular weight excluding hydrogens is 258 g/mol. The van der Waals surface area contributed by atoms with E-state index in [0.717, 1.165) is 5.69 Å². The Morgan fingerprint density at radius 3 is 2.80 bits per heavy atom. The molecule has 1 aromatic heterocycles. The minimum atomic E-state index is -0.0784. The summed E-state index contributed by atoms with van der Waals surface area (Å²) < 4.78 is 4.65. The van der Waals surface area contributed by atoms with E-state index in [2.05, 4.69) is 14.9 Å². The number of aryl methyl sites for hydroxylation is 1. The van der Waals surface area contributed by atoms with E-state index < -0.39 is 0 Å². The van der Waals surface area contributed by atoms with Gasteiger partial charge in [0, 0.05) is 13.1 Å². The summed E-state index contributed by atoms with van der Waals surface area (Å²) in [4.78, 5) is 15.8. The molecule has 0 radical (unpaired) electrons. The molecule has 0 spiro atoms. The number of benzene rings is 1. The molecule has 1 fully saturated rings. The highest BCUT2D eigenvalue weighted by atomic mass is 16.6. The minimum absolute atomic E-state index is 0.0784. The van der Waals surface area contributed by atoms with Crippen LogP contribution in [-0.4, -0.2) is 34.3 Å². The number of nitrogens with zero attached hydrogens (tertiary/aromatic N) is 4. The van der Waals surface area contributed by atoms with Crippen LogP contribution in [0.3, 0.4) is 0 Å². The second-order valence-corrected chi connectivity index (χ2v) is 4.71. The number of carbonyl (C=O) groups excluding carboxylic acids is 1. The standard InChI is InChI=1S/C13H15N5O2/c1-9-11(16-20-15-9)8-17-6-7-18(13(17)19)12-5-3-2-4-10(12)14/h2-5H,6-8,14H2,1H3. The second kappa shape index (κ2) is 4.84. The maximum absolute atomic E-state index is 12.4. The Labute approximate surface area is 115 Å². The van der Waals surface area contributed by atoms with E-state index in [1.165, 1.54) is 0 Å².